The minimum absolute atomic E-state index is 0.866. The van der Waals surface area contributed by atoms with Crippen LogP contribution in [0.2, 0.25) is 0 Å². The molecule has 0 aromatic carbocycles. The Morgan fingerprint density at radius 1 is 1.15 bits per heavy atom. The van der Waals surface area contributed by atoms with Gasteiger partial charge in [-0.2, -0.15) is 0 Å². The van der Waals surface area contributed by atoms with Gasteiger partial charge in [0.05, 0.1) is 0 Å². The highest BCUT2D eigenvalue weighted by molar-refractivity contribution is 5.10. The summed E-state index contributed by atoms with van der Waals surface area (Å²) in [7, 11) is 0. The van der Waals surface area contributed by atoms with Crippen molar-refractivity contribution in [1.82, 2.24) is 4.98 Å². The molecule has 2 rings (SSSR count). The summed E-state index contributed by atoms with van der Waals surface area (Å²) < 4.78 is 0. The van der Waals surface area contributed by atoms with E-state index in [-0.39, 0.29) is 0 Å². The quantitative estimate of drug-likeness (QED) is 0.626. The van der Waals surface area contributed by atoms with Crippen molar-refractivity contribution in [3.8, 4) is 0 Å². The lowest BCUT2D eigenvalue weighted by molar-refractivity contribution is 0.257. The van der Waals surface area contributed by atoms with Crippen LogP contribution in [0, 0.1) is 17.8 Å². The van der Waals surface area contributed by atoms with E-state index in [2.05, 4.69) is 31.0 Å². The molecular formula is C19H31N. The number of hydrogen-bond donors (Lipinski definition) is 0. The van der Waals surface area contributed by atoms with E-state index in [1.807, 2.05) is 12.4 Å². The average molecular weight is 273 g/mol. The fraction of sp³-hybridized carbons (Fsp3) is 0.737. The molecule has 0 N–H and O–H groups in total. The third kappa shape index (κ3) is 5.26. The highest BCUT2D eigenvalue weighted by atomic mass is 14.6. The van der Waals surface area contributed by atoms with Crippen molar-refractivity contribution in [3.63, 3.8) is 0 Å². The van der Waals surface area contributed by atoms with Crippen LogP contribution in [0.4, 0.5) is 0 Å². The smallest absolute Gasteiger partial charge is 0.0270 e. The van der Waals surface area contributed by atoms with Crippen LogP contribution < -0.4 is 0 Å². The van der Waals surface area contributed by atoms with E-state index in [0.29, 0.717) is 0 Å². The number of nitrogens with zero attached hydrogens (tertiary/aromatic N) is 1. The standard InChI is InChI=1S/C19H31N/c1-3-16(2)13-19(14-17-7-5-4-6-8-17)15-18-9-11-20-12-10-18/h9-12,16-17,19H,3-8,13-15H2,1-2H3. The maximum absolute atomic E-state index is 4.15. The minimum Gasteiger partial charge on any atom is -0.265 e. The summed E-state index contributed by atoms with van der Waals surface area (Å²) >= 11 is 0. The van der Waals surface area contributed by atoms with E-state index in [4.69, 9.17) is 0 Å². The summed E-state index contributed by atoms with van der Waals surface area (Å²) in [5.41, 5.74) is 1.48. The summed E-state index contributed by atoms with van der Waals surface area (Å²) in [6, 6.07) is 4.40. The molecule has 0 bridgehead atoms. The van der Waals surface area contributed by atoms with Gasteiger partial charge in [-0.3, -0.25) is 4.98 Å². The van der Waals surface area contributed by atoms with Crippen LogP contribution in [0.3, 0.4) is 0 Å². The maximum Gasteiger partial charge on any atom is 0.0270 e. The van der Waals surface area contributed by atoms with Crippen molar-refractivity contribution in [1.29, 1.82) is 0 Å². The molecule has 2 atom stereocenters. The van der Waals surface area contributed by atoms with E-state index in [1.54, 1.807) is 0 Å². The second-order valence-corrected chi connectivity index (χ2v) is 6.91. The number of rotatable bonds is 7. The fourth-order valence-corrected chi connectivity index (χ4v) is 3.75. The average Bonchev–Trinajstić information content (AvgIpc) is 2.49. The molecule has 0 aliphatic heterocycles. The van der Waals surface area contributed by atoms with Gasteiger partial charge in [-0.25, -0.2) is 0 Å². The minimum atomic E-state index is 0.866. The zero-order valence-corrected chi connectivity index (χ0v) is 13.4. The van der Waals surface area contributed by atoms with Crippen LogP contribution in [0.1, 0.15) is 70.8 Å². The largest absolute Gasteiger partial charge is 0.265 e. The first-order chi connectivity index (χ1) is 9.78. The van der Waals surface area contributed by atoms with Crippen molar-refractivity contribution >= 4 is 0 Å². The Bertz CT molecular complexity index is 353. The van der Waals surface area contributed by atoms with Gasteiger partial charge < -0.3 is 0 Å². The van der Waals surface area contributed by atoms with E-state index in [0.717, 1.165) is 17.8 Å². The van der Waals surface area contributed by atoms with Crippen molar-refractivity contribution in [3.05, 3.63) is 30.1 Å². The van der Waals surface area contributed by atoms with Gasteiger partial charge in [0.15, 0.2) is 0 Å². The second kappa shape index (κ2) is 8.44. The van der Waals surface area contributed by atoms with Crippen LogP contribution in [0.15, 0.2) is 24.5 Å². The first-order valence-electron chi connectivity index (χ1n) is 8.66. The molecule has 2 unspecified atom stereocenters. The summed E-state index contributed by atoms with van der Waals surface area (Å²) in [6.45, 7) is 4.75. The van der Waals surface area contributed by atoms with Gasteiger partial charge in [-0.1, -0.05) is 52.4 Å². The summed E-state index contributed by atoms with van der Waals surface area (Å²) in [4.78, 5) is 4.15. The lowest BCUT2D eigenvalue weighted by Gasteiger charge is -2.28. The molecule has 1 aliphatic rings. The number of hydrogen-bond acceptors (Lipinski definition) is 1. The molecule has 0 saturated heterocycles. The van der Waals surface area contributed by atoms with Crippen LogP contribution in [0.25, 0.3) is 0 Å². The van der Waals surface area contributed by atoms with Crippen molar-refractivity contribution in [2.75, 3.05) is 0 Å². The highest BCUT2D eigenvalue weighted by Crippen LogP contribution is 2.33. The van der Waals surface area contributed by atoms with Gasteiger partial charge in [-0.15, -0.1) is 0 Å². The fourth-order valence-electron chi connectivity index (χ4n) is 3.75. The van der Waals surface area contributed by atoms with Gasteiger partial charge >= 0.3 is 0 Å². The predicted molar refractivity (Wildman–Crippen MR) is 86.7 cm³/mol. The molecular weight excluding hydrogens is 242 g/mol. The number of aromatic nitrogens is 1. The van der Waals surface area contributed by atoms with Crippen LogP contribution >= 0.6 is 0 Å². The second-order valence-electron chi connectivity index (χ2n) is 6.91. The molecule has 1 aliphatic carbocycles. The molecule has 0 amide bonds. The van der Waals surface area contributed by atoms with Gasteiger partial charge in [0, 0.05) is 12.4 Å². The summed E-state index contributed by atoms with van der Waals surface area (Å²) in [5.74, 6) is 2.74. The topological polar surface area (TPSA) is 12.9 Å². The van der Waals surface area contributed by atoms with E-state index < -0.39 is 0 Å². The normalized spacial score (nSPS) is 19.7. The molecule has 1 heterocycles. The zero-order valence-electron chi connectivity index (χ0n) is 13.4. The van der Waals surface area contributed by atoms with Gasteiger partial charge in [0.1, 0.15) is 0 Å². The third-order valence-electron chi connectivity index (χ3n) is 5.10. The molecule has 20 heavy (non-hydrogen) atoms. The number of pyridine rings is 1. The molecule has 1 aromatic rings. The van der Waals surface area contributed by atoms with E-state index >= 15 is 0 Å². The first-order valence-corrected chi connectivity index (χ1v) is 8.66. The zero-order chi connectivity index (χ0) is 14.2. The van der Waals surface area contributed by atoms with E-state index in [1.165, 1.54) is 63.4 Å². The molecule has 112 valence electrons. The van der Waals surface area contributed by atoms with Crippen LogP contribution in [-0.2, 0) is 6.42 Å². The van der Waals surface area contributed by atoms with Crippen molar-refractivity contribution in [2.24, 2.45) is 17.8 Å². The van der Waals surface area contributed by atoms with E-state index in [9.17, 15) is 0 Å². The lowest BCUT2D eigenvalue weighted by atomic mass is 9.78. The van der Waals surface area contributed by atoms with Crippen LogP contribution in [-0.4, -0.2) is 4.98 Å². The van der Waals surface area contributed by atoms with Gasteiger partial charge in [0.2, 0.25) is 0 Å². The molecule has 1 nitrogen and oxygen atoms in total. The summed E-state index contributed by atoms with van der Waals surface area (Å²) in [5, 5.41) is 0. The third-order valence-corrected chi connectivity index (χ3v) is 5.10. The maximum atomic E-state index is 4.15. The molecule has 1 aromatic heterocycles. The Labute approximate surface area is 125 Å². The van der Waals surface area contributed by atoms with Gasteiger partial charge in [0.25, 0.3) is 0 Å². The Morgan fingerprint density at radius 3 is 2.50 bits per heavy atom. The Balaban J connectivity index is 1.92. The van der Waals surface area contributed by atoms with Crippen molar-refractivity contribution < 1.29 is 0 Å². The Hall–Kier alpha value is -0.850. The SMILES string of the molecule is CCC(C)CC(Cc1ccncc1)CC1CCCCC1. The molecule has 1 saturated carbocycles. The highest BCUT2D eigenvalue weighted by Gasteiger charge is 2.20. The Kier molecular flexibility index (Phi) is 6.56. The monoisotopic (exact) mass is 273 g/mol. The molecule has 0 spiro atoms. The lowest BCUT2D eigenvalue weighted by Crippen LogP contribution is -2.16. The predicted octanol–water partition coefficient (Wildman–Crippen LogP) is 5.65. The molecule has 0 radical (unpaired) electrons. The van der Waals surface area contributed by atoms with Crippen molar-refractivity contribution in [2.45, 2.75) is 71.6 Å². The summed E-state index contributed by atoms with van der Waals surface area (Å²) in [6.07, 6.45) is 16.7. The molecule has 1 fully saturated rings. The molecule has 1 heteroatoms. The Morgan fingerprint density at radius 2 is 1.85 bits per heavy atom. The first kappa shape index (κ1) is 15.5. The van der Waals surface area contributed by atoms with Crippen LogP contribution in [0.5, 0.6) is 0 Å². The van der Waals surface area contributed by atoms with Gasteiger partial charge in [-0.05, 0) is 54.7 Å².